The summed E-state index contributed by atoms with van der Waals surface area (Å²) in [5, 5.41) is 3.49. The van der Waals surface area contributed by atoms with Crippen LogP contribution in [0.2, 0.25) is 0 Å². The maximum Gasteiger partial charge on any atom is 0.0607 e. The standard InChI is InChI=1S/C30H33N5/c1-23-7-5-17-33-28(23)22-35(29-11-4-8-26-9-6-18-34-30(26)29)21-25-14-12-24(13-15-25)19-31-20-27-10-2-3-16-32-27/h2-3,5-7,9-10,12-18,29,31H,4,8,11,19-22H2,1H3. The van der Waals surface area contributed by atoms with Crippen molar-refractivity contribution in [3.05, 3.63) is 125 Å². The Morgan fingerprint density at radius 2 is 1.60 bits per heavy atom. The highest BCUT2D eigenvalue weighted by Crippen LogP contribution is 2.34. The number of benzene rings is 1. The fraction of sp³-hybridized carbons (Fsp3) is 0.300. The van der Waals surface area contributed by atoms with Gasteiger partial charge in [0.2, 0.25) is 0 Å². The van der Waals surface area contributed by atoms with Crippen molar-refractivity contribution in [3.8, 4) is 0 Å². The molecule has 1 atom stereocenters. The lowest BCUT2D eigenvalue weighted by molar-refractivity contribution is 0.155. The maximum absolute atomic E-state index is 4.82. The minimum atomic E-state index is 0.307. The Morgan fingerprint density at radius 3 is 2.43 bits per heavy atom. The maximum atomic E-state index is 4.82. The Bertz CT molecular complexity index is 1220. The Morgan fingerprint density at radius 1 is 0.800 bits per heavy atom. The van der Waals surface area contributed by atoms with Crippen molar-refractivity contribution in [2.24, 2.45) is 0 Å². The molecule has 1 aliphatic rings. The zero-order valence-corrected chi connectivity index (χ0v) is 20.4. The van der Waals surface area contributed by atoms with E-state index in [1.54, 1.807) is 0 Å². The quantitative estimate of drug-likeness (QED) is 0.353. The zero-order chi connectivity index (χ0) is 23.9. The number of hydrogen-bond acceptors (Lipinski definition) is 5. The summed E-state index contributed by atoms with van der Waals surface area (Å²) in [6.07, 6.45) is 9.13. The molecule has 4 aromatic rings. The first-order valence-electron chi connectivity index (χ1n) is 12.5. The van der Waals surface area contributed by atoms with Crippen LogP contribution in [-0.4, -0.2) is 19.9 Å². The third kappa shape index (κ3) is 5.99. The molecule has 0 spiro atoms. The molecule has 0 fully saturated rings. The Balaban J connectivity index is 1.30. The molecule has 0 bridgehead atoms. The van der Waals surface area contributed by atoms with Crippen LogP contribution in [0, 0.1) is 6.92 Å². The van der Waals surface area contributed by atoms with Gasteiger partial charge in [0.1, 0.15) is 0 Å². The van der Waals surface area contributed by atoms with Gasteiger partial charge in [-0.05, 0) is 72.7 Å². The third-order valence-electron chi connectivity index (χ3n) is 6.85. The van der Waals surface area contributed by atoms with Crippen molar-refractivity contribution in [1.82, 2.24) is 25.2 Å². The van der Waals surface area contributed by atoms with Crippen LogP contribution in [-0.2, 0) is 32.6 Å². The lowest BCUT2D eigenvalue weighted by Gasteiger charge is -2.35. The number of rotatable bonds is 9. The normalized spacial score (nSPS) is 15.2. The second kappa shape index (κ2) is 11.3. The second-order valence-electron chi connectivity index (χ2n) is 9.37. The van der Waals surface area contributed by atoms with Crippen LogP contribution in [0.15, 0.2) is 85.3 Å². The average molecular weight is 464 g/mol. The number of aromatic nitrogens is 3. The van der Waals surface area contributed by atoms with Crippen LogP contribution in [0.5, 0.6) is 0 Å². The molecule has 0 radical (unpaired) electrons. The van der Waals surface area contributed by atoms with E-state index in [0.717, 1.165) is 50.4 Å². The highest BCUT2D eigenvalue weighted by Gasteiger charge is 2.28. The molecule has 1 N–H and O–H groups in total. The first-order valence-corrected chi connectivity index (χ1v) is 12.5. The van der Waals surface area contributed by atoms with Crippen LogP contribution >= 0.6 is 0 Å². The summed E-state index contributed by atoms with van der Waals surface area (Å²) in [6.45, 7) is 5.45. The van der Waals surface area contributed by atoms with Crippen molar-refractivity contribution in [2.75, 3.05) is 0 Å². The molecule has 0 saturated heterocycles. The molecule has 0 saturated carbocycles. The summed E-state index contributed by atoms with van der Waals surface area (Å²) >= 11 is 0. The monoisotopic (exact) mass is 463 g/mol. The van der Waals surface area contributed by atoms with Crippen molar-refractivity contribution < 1.29 is 0 Å². The first-order chi connectivity index (χ1) is 17.3. The Hall–Kier alpha value is -3.41. The number of fused-ring (bicyclic) bond motifs is 1. The molecule has 178 valence electrons. The third-order valence-corrected chi connectivity index (χ3v) is 6.85. The predicted molar refractivity (Wildman–Crippen MR) is 139 cm³/mol. The molecular formula is C30H33N5. The fourth-order valence-electron chi connectivity index (χ4n) is 4.93. The Kier molecular flexibility index (Phi) is 7.56. The molecule has 1 unspecified atom stereocenters. The topological polar surface area (TPSA) is 53.9 Å². The lowest BCUT2D eigenvalue weighted by atomic mass is 9.90. The molecule has 5 rings (SSSR count). The minimum Gasteiger partial charge on any atom is -0.307 e. The van der Waals surface area contributed by atoms with E-state index in [2.05, 4.69) is 64.6 Å². The van der Waals surface area contributed by atoms with E-state index < -0.39 is 0 Å². The fourth-order valence-corrected chi connectivity index (χ4v) is 4.93. The van der Waals surface area contributed by atoms with Crippen LogP contribution < -0.4 is 5.32 Å². The highest BCUT2D eigenvalue weighted by molar-refractivity contribution is 5.28. The van der Waals surface area contributed by atoms with Gasteiger partial charge in [-0.25, -0.2) is 0 Å². The summed E-state index contributed by atoms with van der Waals surface area (Å²) in [5.74, 6) is 0. The number of aryl methyl sites for hydroxylation is 2. The number of nitrogens with one attached hydrogen (secondary N) is 1. The first kappa shape index (κ1) is 23.3. The molecule has 5 heteroatoms. The van der Waals surface area contributed by atoms with Gasteiger partial charge in [-0.1, -0.05) is 42.5 Å². The van der Waals surface area contributed by atoms with Crippen LogP contribution in [0.25, 0.3) is 0 Å². The number of nitrogens with zero attached hydrogens (tertiary/aromatic N) is 4. The van der Waals surface area contributed by atoms with Crippen molar-refractivity contribution in [3.63, 3.8) is 0 Å². The molecule has 35 heavy (non-hydrogen) atoms. The van der Waals surface area contributed by atoms with E-state index in [-0.39, 0.29) is 0 Å². The number of hydrogen-bond donors (Lipinski definition) is 1. The molecular weight excluding hydrogens is 430 g/mol. The van der Waals surface area contributed by atoms with E-state index in [9.17, 15) is 0 Å². The summed E-state index contributed by atoms with van der Waals surface area (Å²) < 4.78 is 0. The van der Waals surface area contributed by atoms with Crippen LogP contribution in [0.3, 0.4) is 0 Å². The molecule has 0 aliphatic heterocycles. The van der Waals surface area contributed by atoms with Crippen molar-refractivity contribution in [1.29, 1.82) is 0 Å². The van der Waals surface area contributed by atoms with E-state index in [4.69, 9.17) is 9.97 Å². The van der Waals surface area contributed by atoms with Crippen molar-refractivity contribution >= 4 is 0 Å². The van der Waals surface area contributed by atoms with Crippen LogP contribution in [0.4, 0.5) is 0 Å². The predicted octanol–water partition coefficient (Wildman–Crippen LogP) is 5.55. The van der Waals surface area contributed by atoms with E-state index >= 15 is 0 Å². The summed E-state index contributed by atoms with van der Waals surface area (Å²) in [4.78, 5) is 16.5. The molecule has 0 amide bonds. The summed E-state index contributed by atoms with van der Waals surface area (Å²) in [6, 6.07) is 23.8. The average Bonchev–Trinajstić information content (AvgIpc) is 2.91. The van der Waals surface area contributed by atoms with Crippen molar-refractivity contribution in [2.45, 2.75) is 58.4 Å². The Labute approximate surface area is 208 Å². The minimum absolute atomic E-state index is 0.307. The summed E-state index contributed by atoms with van der Waals surface area (Å²) in [7, 11) is 0. The van der Waals surface area contributed by atoms with Gasteiger partial charge in [-0.2, -0.15) is 0 Å². The molecule has 5 nitrogen and oxygen atoms in total. The van der Waals surface area contributed by atoms with Gasteiger partial charge in [0.05, 0.1) is 23.1 Å². The van der Waals surface area contributed by atoms with Gasteiger partial charge in [0, 0.05) is 44.8 Å². The largest absolute Gasteiger partial charge is 0.307 e. The molecule has 3 aromatic heterocycles. The van der Waals surface area contributed by atoms with Gasteiger partial charge in [-0.3, -0.25) is 19.9 Å². The van der Waals surface area contributed by atoms with Gasteiger partial charge in [-0.15, -0.1) is 0 Å². The van der Waals surface area contributed by atoms with E-state index in [1.165, 1.54) is 34.4 Å². The van der Waals surface area contributed by atoms with E-state index in [1.807, 2.05) is 42.9 Å². The highest BCUT2D eigenvalue weighted by atomic mass is 15.2. The zero-order valence-electron chi connectivity index (χ0n) is 20.4. The second-order valence-corrected chi connectivity index (χ2v) is 9.37. The van der Waals surface area contributed by atoms with Gasteiger partial charge in [0.15, 0.2) is 0 Å². The van der Waals surface area contributed by atoms with Gasteiger partial charge >= 0.3 is 0 Å². The van der Waals surface area contributed by atoms with Crippen LogP contribution in [0.1, 0.15) is 58.2 Å². The molecule has 1 aromatic carbocycles. The SMILES string of the molecule is Cc1cccnc1CN(Cc1ccc(CNCc2ccccn2)cc1)C1CCCc2cccnc21. The lowest BCUT2D eigenvalue weighted by Crippen LogP contribution is -2.32. The summed E-state index contributed by atoms with van der Waals surface area (Å²) in [5.41, 5.74) is 8.67. The van der Waals surface area contributed by atoms with Gasteiger partial charge in [0.25, 0.3) is 0 Å². The number of pyridine rings is 3. The smallest absolute Gasteiger partial charge is 0.0607 e. The van der Waals surface area contributed by atoms with E-state index in [0.29, 0.717) is 6.04 Å². The van der Waals surface area contributed by atoms with Gasteiger partial charge < -0.3 is 5.32 Å². The molecule has 3 heterocycles. The molecule has 1 aliphatic carbocycles.